The molecule has 2 atom stereocenters. The molecule has 0 radical (unpaired) electrons. The summed E-state index contributed by atoms with van der Waals surface area (Å²) in [7, 11) is -3.03. The molecule has 7 heteroatoms. The number of benzene rings is 1. The number of sulfone groups is 1. The van der Waals surface area contributed by atoms with Gasteiger partial charge in [0.1, 0.15) is 5.75 Å². The average Bonchev–Trinajstić information content (AvgIpc) is 3.06. The topological polar surface area (TPSA) is 63.7 Å². The first-order valence-corrected chi connectivity index (χ1v) is 10.1. The second kappa shape index (κ2) is 6.32. The standard InChI is InChI=1S/C16H20ClNO4S/c1-2-6-18(13-5-7-23(20,21)10-13)16(19)15-9-11-8-12(17)3-4-14(11)22-15/h3-4,8,13,15H,2,5-7,9-10H2,1H3/t13-,15-/m1/s1. The van der Waals surface area contributed by atoms with Gasteiger partial charge in [-0.25, -0.2) is 8.42 Å². The van der Waals surface area contributed by atoms with Crippen molar-refractivity contribution in [2.24, 2.45) is 0 Å². The predicted molar refractivity (Wildman–Crippen MR) is 88.6 cm³/mol. The first-order valence-electron chi connectivity index (χ1n) is 7.85. The van der Waals surface area contributed by atoms with Crippen molar-refractivity contribution < 1.29 is 17.9 Å². The van der Waals surface area contributed by atoms with Crippen LogP contribution in [0.15, 0.2) is 18.2 Å². The molecular formula is C16H20ClNO4S. The van der Waals surface area contributed by atoms with Crippen LogP contribution < -0.4 is 4.74 Å². The van der Waals surface area contributed by atoms with Gasteiger partial charge in [0.25, 0.3) is 5.91 Å². The molecule has 1 fully saturated rings. The Balaban J connectivity index is 1.75. The Bertz CT molecular complexity index is 719. The van der Waals surface area contributed by atoms with E-state index in [1.165, 1.54) is 0 Å². The van der Waals surface area contributed by atoms with Crippen molar-refractivity contribution in [1.82, 2.24) is 4.90 Å². The van der Waals surface area contributed by atoms with Gasteiger partial charge in [0.05, 0.1) is 11.5 Å². The van der Waals surface area contributed by atoms with E-state index in [-0.39, 0.29) is 23.5 Å². The third-order valence-corrected chi connectivity index (χ3v) is 6.35. The summed E-state index contributed by atoms with van der Waals surface area (Å²) in [6.45, 7) is 2.53. The SMILES string of the molecule is CCCN(C(=O)[C@H]1Cc2cc(Cl)ccc2O1)[C@@H]1CCS(=O)(=O)C1. The number of hydrogen-bond acceptors (Lipinski definition) is 4. The Labute approximate surface area is 141 Å². The number of hydrogen-bond donors (Lipinski definition) is 0. The number of amides is 1. The molecule has 0 aromatic heterocycles. The zero-order valence-corrected chi connectivity index (χ0v) is 14.6. The van der Waals surface area contributed by atoms with Crippen LogP contribution in [0.25, 0.3) is 0 Å². The molecule has 126 valence electrons. The normalized spacial score (nSPS) is 25.0. The molecule has 1 aromatic carbocycles. The van der Waals surface area contributed by atoms with Crippen molar-refractivity contribution in [2.75, 3.05) is 18.1 Å². The third-order valence-electron chi connectivity index (χ3n) is 4.37. The van der Waals surface area contributed by atoms with Gasteiger partial charge in [0, 0.05) is 24.0 Å². The summed E-state index contributed by atoms with van der Waals surface area (Å²) in [4.78, 5) is 14.6. The molecule has 2 aliphatic heterocycles. The molecule has 0 unspecified atom stereocenters. The lowest BCUT2D eigenvalue weighted by atomic mass is 10.1. The summed E-state index contributed by atoms with van der Waals surface area (Å²) < 4.78 is 29.2. The van der Waals surface area contributed by atoms with Crippen molar-refractivity contribution in [1.29, 1.82) is 0 Å². The molecule has 3 rings (SSSR count). The Morgan fingerprint density at radius 2 is 2.22 bits per heavy atom. The van der Waals surface area contributed by atoms with Gasteiger partial charge in [-0.1, -0.05) is 18.5 Å². The molecule has 0 aliphatic carbocycles. The molecule has 0 bridgehead atoms. The quantitative estimate of drug-likeness (QED) is 0.827. The van der Waals surface area contributed by atoms with E-state index in [9.17, 15) is 13.2 Å². The lowest BCUT2D eigenvalue weighted by Gasteiger charge is -2.30. The van der Waals surface area contributed by atoms with Gasteiger partial charge < -0.3 is 9.64 Å². The maximum atomic E-state index is 12.9. The highest BCUT2D eigenvalue weighted by atomic mass is 35.5. The van der Waals surface area contributed by atoms with Crippen LogP contribution in [0.4, 0.5) is 0 Å². The number of fused-ring (bicyclic) bond motifs is 1. The largest absolute Gasteiger partial charge is 0.480 e. The van der Waals surface area contributed by atoms with Crippen molar-refractivity contribution in [2.45, 2.75) is 38.3 Å². The first-order chi connectivity index (χ1) is 10.9. The molecule has 1 saturated heterocycles. The highest BCUT2D eigenvalue weighted by molar-refractivity contribution is 7.91. The summed E-state index contributed by atoms with van der Waals surface area (Å²) in [6.07, 6.45) is 1.19. The second-order valence-corrected chi connectivity index (χ2v) is 8.82. The Morgan fingerprint density at radius 1 is 1.43 bits per heavy atom. The Hall–Kier alpha value is -1.27. The molecular weight excluding hydrogens is 338 g/mol. The molecule has 1 amide bonds. The van der Waals surface area contributed by atoms with E-state index in [4.69, 9.17) is 16.3 Å². The van der Waals surface area contributed by atoms with Crippen LogP contribution in [0, 0.1) is 0 Å². The van der Waals surface area contributed by atoms with Gasteiger partial charge in [0.2, 0.25) is 0 Å². The van der Waals surface area contributed by atoms with Crippen LogP contribution in [0.1, 0.15) is 25.3 Å². The second-order valence-electron chi connectivity index (χ2n) is 6.15. The fourth-order valence-corrected chi connectivity index (χ4v) is 5.20. The number of halogens is 1. The average molecular weight is 358 g/mol. The smallest absolute Gasteiger partial charge is 0.264 e. The van der Waals surface area contributed by atoms with E-state index < -0.39 is 15.9 Å². The Morgan fingerprint density at radius 3 is 2.87 bits per heavy atom. The molecule has 0 saturated carbocycles. The molecule has 0 N–H and O–H groups in total. The number of rotatable bonds is 4. The van der Waals surface area contributed by atoms with Crippen molar-refractivity contribution >= 4 is 27.3 Å². The molecule has 23 heavy (non-hydrogen) atoms. The number of carbonyl (C=O) groups is 1. The minimum absolute atomic E-state index is 0.0598. The maximum absolute atomic E-state index is 12.9. The van der Waals surface area contributed by atoms with Crippen LogP contribution in [0.3, 0.4) is 0 Å². The van der Waals surface area contributed by atoms with Gasteiger partial charge in [-0.3, -0.25) is 4.79 Å². The lowest BCUT2D eigenvalue weighted by Crippen LogP contribution is -2.48. The monoisotopic (exact) mass is 357 g/mol. The molecule has 0 spiro atoms. The van der Waals surface area contributed by atoms with Crippen LogP contribution in [0.5, 0.6) is 5.75 Å². The molecule has 2 heterocycles. The van der Waals surface area contributed by atoms with Gasteiger partial charge in [-0.15, -0.1) is 0 Å². The van der Waals surface area contributed by atoms with Crippen LogP contribution >= 0.6 is 11.6 Å². The highest BCUT2D eigenvalue weighted by Gasteiger charge is 2.39. The Kier molecular flexibility index (Phi) is 4.56. The van der Waals surface area contributed by atoms with Crippen LogP contribution in [0.2, 0.25) is 5.02 Å². The van der Waals surface area contributed by atoms with E-state index in [1.807, 2.05) is 13.0 Å². The maximum Gasteiger partial charge on any atom is 0.264 e. The predicted octanol–water partition coefficient (Wildman–Crippen LogP) is 2.07. The van der Waals surface area contributed by atoms with E-state index in [1.54, 1.807) is 17.0 Å². The van der Waals surface area contributed by atoms with Crippen LogP contribution in [-0.2, 0) is 21.1 Å². The zero-order valence-electron chi connectivity index (χ0n) is 13.0. The third kappa shape index (κ3) is 3.48. The lowest BCUT2D eigenvalue weighted by molar-refractivity contribution is -0.139. The van der Waals surface area contributed by atoms with Gasteiger partial charge in [-0.2, -0.15) is 0 Å². The molecule has 2 aliphatic rings. The first kappa shape index (κ1) is 16.6. The number of ether oxygens (including phenoxy) is 1. The summed E-state index contributed by atoms with van der Waals surface area (Å²) >= 11 is 5.98. The van der Waals surface area contributed by atoms with Gasteiger partial charge in [0.15, 0.2) is 15.9 Å². The zero-order chi connectivity index (χ0) is 16.6. The fourth-order valence-electron chi connectivity index (χ4n) is 3.27. The van der Waals surface area contributed by atoms with Crippen molar-refractivity contribution in [3.8, 4) is 5.75 Å². The van der Waals surface area contributed by atoms with E-state index >= 15 is 0 Å². The summed E-state index contributed by atoms with van der Waals surface area (Å²) in [5.74, 6) is 0.779. The fraction of sp³-hybridized carbons (Fsp3) is 0.562. The van der Waals surface area contributed by atoms with Crippen LogP contribution in [-0.4, -0.2) is 49.4 Å². The van der Waals surface area contributed by atoms with Gasteiger partial charge >= 0.3 is 0 Å². The molecule has 5 nitrogen and oxygen atoms in total. The van der Waals surface area contributed by atoms with Crippen molar-refractivity contribution in [3.05, 3.63) is 28.8 Å². The summed E-state index contributed by atoms with van der Waals surface area (Å²) in [6, 6.07) is 5.09. The summed E-state index contributed by atoms with van der Waals surface area (Å²) in [5.41, 5.74) is 0.923. The minimum Gasteiger partial charge on any atom is -0.480 e. The minimum atomic E-state index is -3.03. The van der Waals surface area contributed by atoms with E-state index in [0.29, 0.717) is 30.2 Å². The number of nitrogens with zero attached hydrogens (tertiary/aromatic N) is 1. The van der Waals surface area contributed by atoms with E-state index in [0.717, 1.165) is 12.0 Å². The highest BCUT2D eigenvalue weighted by Crippen LogP contribution is 2.32. The molecule has 1 aromatic rings. The number of carbonyl (C=O) groups excluding carboxylic acids is 1. The summed E-state index contributed by atoms with van der Waals surface area (Å²) in [5, 5.41) is 0.618. The van der Waals surface area contributed by atoms with Crippen molar-refractivity contribution in [3.63, 3.8) is 0 Å². The van der Waals surface area contributed by atoms with E-state index in [2.05, 4.69) is 0 Å². The van der Waals surface area contributed by atoms with Gasteiger partial charge in [-0.05, 0) is 36.6 Å².